The molecule has 230 valence electrons. The van der Waals surface area contributed by atoms with Gasteiger partial charge in [0.1, 0.15) is 0 Å². The lowest BCUT2D eigenvalue weighted by atomic mass is 9.95. The fourth-order valence-electron chi connectivity index (χ4n) is 5.59. The topological polar surface area (TPSA) is 65.6 Å². The minimum Gasteiger partial charge on any atom is -0.463 e. The summed E-state index contributed by atoms with van der Waals surface area (Å²) < 4.78 is 51.8. The average molecular weight is 671 g/mol. The van der Waals surface area contributed by atoms with Crippen molar-refractivity contribution in [3.8, 4) is 0 Å². The van der Waals surface area contributed by atoms with Gasteiger partial charge in [0.2, 0.25) is 0 Å². The molecule has 0 saturated heterocycles. The van der Waals surface area contributed by atoms with Gasteiger partial charge in [0.25, 0.3) is 5.56 Å². The van der Waals surface area contributed by atoms with E-state index >= 15 is 0 Å². The SMILES string of the molecule is CCOC(=O)C1=C(C(F)(F)F)N=c2s/c(=C\c3c(C)n(Cc4cccc(Cl)c4)c4ccccc34)c(=O)n2[C@H]1c1ccc(Cl)cc1. The van der Waals surface area contributed by atoms with Crippen LogP contribution in [0.25, 0.3) is 17.0 Å². The van der Waals surface area contributed by atoms with Gasteiger partial charge < -0.3 is 9.30 Å². The molecule has 2 aromatic heterocycles. The van der Waals surface area contributed by atoms with E-state index in [9.17, 15) is 22.8 Å². The van der Waals surface area contributed by atoms with Crippen molar-refractivity contribution in [1.82, 2.24) is 9.13 Å². The van der Waals surface area contributed by atoms with E-state index in [1.807, 2.05) is 49.4 Å². The van der Waals surface area contributed by atoms with Crippen LogP contribution in [0.3, 0.4) is 0 Å². The van der Waals surface area contributed by atoms with Crippen LogP contribution in [0.5, 0.6) is 0 Å². The molecule has 3 heterocycles. The second-order valence-electron chi connectivity index (χ2n) is 10.3. The van der Waals surface area contributed by atoms with Crippen LogP contribution < -0.4 is 14.9 Å². The van der Waals surface area contributed by atoms with Gasteiger partial charge in [0.05, 0.1) is 22.8 Å². The zero-order valence-corrected chi connectivity index (χ0v) is 26.2. The van der Waals surface area contributed by atoms with Crippen molar-refractivity contribution in [3.05, 3.63) is 136 Å². The highest BCUT2D eigenvalue weighted by atomic mass is 35.5. The molecule has 5 aromatic rings. The van der Waals surface area contributed by atoms with Gasteiger partial charge in [-0.2, -0.15) is 13.2 Å². The van der Waals surface area contributed by atoms with Crippen LogP contribution in [0.4, 0.5) is 13.2 Å². The largest absolute Gasteiger partial charge is 0.463 e. The van der Waals surface area contributed by atoms with E-state index in [2.05, 4.69) is 9.56 Å². The molecule has 0 bridgehead atoms. The normalized spacial score (nSPS) is 15.4. The second-order valence-corrected chi connectivity index (χ2v) is 12.2. The molecule has 12 heteroatoms. The Balaban J connectivity index is 1.60. The van der Waals surface area contributed by atoms with Crippen LogP contribution in [-0.4, -0.2) is 27.9 Å². The number of carbonyl (C=O) groups is 1. The quantitative estimate of drug-likeness (QED) is 0.184. The Labute approximate surface area is 268 Å². The summed E-state index contributed by atoms with van der Waals surface area (Å²) in [6, 6.07) is 19.7. The lowest BCUT2D eigenvalue weighted by molar-refractivity contribution is -0.140. The second kappa shape index (κ2) is 12.0. The van der Waals surface area contributed by atoms with E-state index < -0.39 is 35.0 Å². The van der Waals surface area contributed by atoms with Gasteiger partial charge in [-0.1, -0.05) is 77.0 Å². The van der Waals surface area contributed by atoms with Crippen molar-refractivity contribution in [2.45, 2.75) is 32.6 Å². The molecule has 3 aromatic carbocycles. The van der Waals surface area contributed by atoms with Crippen molar-refractivity contribution in [1.29, 1.82) is 0 Å². The predicted molar refractivity (Wildman–Crippen MR) is 169 cm³/mol. The maximum absolute atomic E-state index is 14.4. The molecule has 0 fully saturated rings. The fraction of sp³-hybridized carbons (Fsp3) is 0.182. The number of carbonyl (C=O) groups excluding carboxylic acids is 1. The third kappa shape index (κ3) is 5.74. The molecule has 0 aliphatic carbocycles. The summed E-state index contributed by atoms with van der Waals surface area (Å²) in [6.07, 6.45) is -3.32. The van der Waals surface area contributed by atoms with Gasteiger partial charge >= 0.3 is 12.1 Å². The van der Waals surface area contributed by atoms with Crippen molar-refractivity contribution in [2.75, 3.05) is 6.61 Å². The summed E-state index contributed by atoms with van der Waals surface area (Å²) in [5.41, 5.74) is 0.973. The number of hydrogen-bond donors (Lipinski definition) is 0. The van der Waals surface area contributed by atoms with Gasteiger partial charge in [-0.3, -0.25) is 9.36 Å². The third-order valence-corrected chi connectivity index (χ3v) is 9.04. The van der Waals surface area contributed by atoms with Gasteiger partial charge in [0, 0.05) is 38.8 Å². The van der Waals surface area contributed by atoms with E-state index in [0.29, 0.717) is 16.6 Å². The molecular weight excluding hydrogens is 646 g/mol. The number of alkyl halides is 3. The molecular formula is C33H24Cl2F3N3O3S. The van der Waals surface area contributed by atoms with Gasteiger partial charge in [-0.15, -0.1) is 0 Å². The smallest absolute Gasteiger partial charge is 0.434 e. The number of aromatic nitrogens is 2. The molecule has 6 nitrogen and oxygen atoms in total. The molecule has 0 unspecified atom stereocenters. The maximum Gasteiger partial charge on any atom is 0.434 e. The van der Waals surface area contributed by atoms with Crippen molar-refractivity contribution >= 4 is 57.5 Å². The average Bonchev–Trinajstić information content (AvgIpc) is 3.45. The fourth-order valence-corrected chi connectivity index (χ4v) is 6.92. The minimum atomic E-state index is -4.99. The summed E-state index contributed by atoms with van der Waals surface area (Å²) in [5.74, 6) is -1.21. The lowest BCUT2D eigenvalue weighted by Gasteiger charge is -2.26. The molecule has 0 N–H and O–H groups in total. The number of nitrogens with zero attached hydrogens (tertiary/aromatic N) is 3. The Hall–Kier alpha value is -4.12. The molecule has 45 heavy (non-hydrogen) atoms. The number of hydrogen-bond acceptors (Lipinski definition) is 5. The molecule has 1 atom stereocenters. The first kappa shape index (κ1) is 30.9. The highest BCUT2D eigenvalue weighted by Gasteiger charge is 2.45. The first-order chi connectivity index (χ1) is 21.5. The number of thiazole rings is 1. The van der Waals surface area contributed by atoms with E-state index in [0.717, 1.165) is 43.6 Å². The van der Waals surface area contributed by atoms with E-state index in [-0.39, 0.29) is 21.5 Å². The number of rotatable bonds is 6. The third-order valence-electron chi connectivity index (χ3n) is 7.57. The highest BCUT2D eigenvalue weighted by molar-refractivity contribution is 7.07. The van der Waals surface area contributed by atoms with Crippen molar-refractivity contribution < 1.29 is 22.7 Å². The number of para-hydroxylation sites is 1. The summed E-state index contributed by atoms with van der Waals surface area (Å²) in [7, 11) is 0. The number of allylic oxidation sites excluding steroid dienone is 1. The molecule has 0 spiro atoms. The first-order valence-corrected chi connectivity index (χ1v) is 15.4. The summed E-state index contributed by atoms with van der Waals surface area (Å²) in [4.78, 5) is 30.9. The van der Waals surface area contributed by atoms with Gasteiger partial charge in [0.15, 0.2) is 10.5 Å². The highest BCUT2D eigenvalue weighted by Crippen LogP contribution is 2.38. The molecule has 1 aliphatic rings. The van der Waals surface area contributed by atoms with Crippen LogP contribution in [0, 0.1) is 6.92 Å². The van der Waals surface area contributed by atoms with E-state index in [1.54, 1.807) is 12.1 Å². The van der Waals surface area contributed by atoms with Crippen LogP contribution in [0.15, 0.2) is 93.9 Å². The summed E-state index contributed by atoms with van der Waals surface area (Å²) in [6.45, 7) is 3.76. The Morgan fingerprint density at radius 1 is 1.04 bits per heavy atom. The summed E-state index contributed by atoms with van der Waals surface area (Å²) >= 11 is 13.1. The number of fused-ring (bicyclic) bond motifs is 2. The molecule has 0 radical (unpaired) electrons. The monoisotopic (exact) mass is 669 g/mol. The Morgan fingerprint density at radius 2 is 1.78 bits per heavy atom. The van der Waals surface area contributed by atoms with E-state index in [1.165, 1.54) is 31.2 Å². The first-order valence-electron chi connectivity index (χ1n) is 13.9. The van der Waals surface area contributed by atoms with Gasteiger partial charge in [-0.05, 0) is 61.4 Å². The van der Waals surface area contributed by atoms with Crippen LogP contribution in [0.2, 0.25) is 10.0 Å². The number of esters is 1. The number of halogens is 5. The van der Waals surface area contributed by atoms with Gasteiger partial charge in [-0.25, -0.2) is 9.79 Å². The molecule has 6 rings (SSSR count). The summed E-state index contributed by atoms with van der Waals surface area (Å²) in [5, 5.41) is 1.81. The maximum atomic E-state index is 14.4. The number of benzene rings is 3. The van der Waals surface area contributed by atoms with Crippen LogP contribution in [0.1, 0.15) is 35.3 Å². The number of ether oxygens (including phenoxy) is 1. The molecule has 0 saturated carbocycles. The van der Waals surface area contributed by atoms with Crippen molar-refractivity contribution in [3.63, 3.8) is 0 Å². The minimum absolute atomic E-state index is 0.160. The lowest BCUT2D eigenvalue weighted by Crippen LogP contribution is -2.41. The molecule has 0 amide bonds. The van der Waals surface area contributed by atoms with Crippen LogP contribution >= 0.6 is 34.5 Å². The van der Waals surface area contributed by atoms with E-state index in [4.69, 9.17) is 27.9 Å². The Bertz CT molecular complexity index is 2180. The predicted octanol–water partition coefficient (Wildman–Crippen LogP) is 6.96. The zero-order valence-electron chi connectivity index (χ0n) is 23.9. The standard InChI is InChI=1S/C33H24Cl2F3N3O3S/c1-3-44-31(43)27-28(20-11-13-21(34)14-12-20)41-30(42)26(45-32(41)39-29(27)33(36,37)38)16-24-18(2)40(25-10-5-4-9-23(24)25)17-19-7-6-8-22(35)15-19/h4-16,28H,3,17H2,1-2H3/b26-16-/t28-/m0/s1. The Kier molecular flexibility index (Phi) is 8.24. The van der Waals surface area contributed by atoms with Crippen LogP contribution in [-0.2, 0) is 16.1 Å². The molecule has 1 aliphatic heterocycles. The van der Waals surface area contributed by atoms with Crippen molar-refractivity contribution in [2.24, 2.45) is 4.99 Å². The zero-order chi connectivity index (χ0) is 32.0. The Morgan fingerprint density at radius 3 is 2.47 bits per heavy atom.